The van der Waals surface area contributed by atoms with Crippen molar-refractivity contribution in [3.63, 3.8) is 0 Å². The first-order valence-corrected chi connectivity index (χ1v) is 6.23. The average Bonchev–Trinajstić information content (AvgIpc) is 2.26. The fraction of sp³-hybridized carbons (Fsp3) is 0.167. The molecule has 2 aromatic rings. The lowest BCUT2D eigenvalue weighted by atomic mass is 10.1. The molecule has 2 N–H and O–H groups in total. The van der Waals surface area contributed by atoms with Gasteiger partial charge in [0.05, 0.1) is 5.56 Å². The van der Waals surface area contributed by atoms with Crippen LogP contribution in [0.5, 0.6) is 0 Å². The molecule has 6 nitrogen and oxygen atoms in total. The molecule has 7 heteroatoms. The average molecular weight is 277 g/mol. The van der Waals surface area contributed by atoms with Crippen LogP contribution in [0.1, 0.15) is 21.6 Å². The Hall–Kier alpha value is -2.15. The van der Waals surface area contributed by atoms with Crippen molar-refractivity contribution < 1.29 is 9.90 Å². The predicted octanol–water partition coefficient (Wildman–Crippen LogP) is 1.63. The molecule has 0 amide bonds. The smallest absolute Gasteiger partial charge is 0.338 e. The van der Waals surface area contributed by atoms with Gasteiger partial charge >= 0.3 is 5.97 Å². The zero-order valence-electron chi connectivity index (χ0n) is 10.3. The molecule has 98 valence electrons. The van der Waals surface area contributed by atoms with Crippen molar-refractivity contribution in [2.75, 3.05) is 0 Å². The minimum Gasteiger partial charge on any atom is -0.478 e. The van der Waals surface area contributed by atoms with E-state index >= 15 is 0 Å². The van der Waals surface area contributed by atoms with E-state index in [-0.39, 0.29) is 11.1 Å². The lowest BCUT2D eigenvalue weighted by Crippen LogP contribution is -2.08. The third kappa shape index (κ3) is 3.00. The number of carbonyl (C=O) groups is 1. The number of rotatable bonds is 3. The van der Waals surface area contributed by atoms with E-state index in [1.54, 1.807) is 19.9 Å². The number of nitrogens with one attached hydrogen (secondary N) is 1. The Morgan fingerprint density at radius 3 is 2.79 bits per heavy atom. The summed E-state index contributed by atoms with van der Waals surface area (Å²) in [6.07, 6.45) is 1.37. The van der Waals surface area contributed by atoms with Gasteiger partial charge in [-0.05, 0) is 37.2 Å². The maximum Gasteiger partial charge on any atom is 0.338 e. The summed E-state index contributed by atoms with van der Waals surface area (Å²) in [6, 6.07) is 2.99. The Bertz CT molecular complexity index is 697. The van der Waals surface area contributed by atoms with Gasteiger partial charge in [-0.3, -0.25) is 4.79 Å². The van der Waals surface area contributed by atoms with Crippen molar-refractivity contribution in [3.8, 4) is 0 Å². The maximum absolute atomic E-state index is 11.3. The monoisotopic (exact) mass is 277 g/mol. The molecule has 0 radical (unpaired) electrons. The molecule has 2 aromatic heterocycles. The van der Waals surface area contributed by atoms with Gasteiger partial charge in [-0.25, -0.2) is 14.8 Å². The van der Waals surface area contributed by atoms with Gasteiger partial charge < -0.3 is 10.1 Å². The first-order valence-electron chi connectivity index (χ1n) is 5.42. The molecule has 0 spiro atoms. The molecule has 0 fully saturated rings. The van der Waals surface area contributed by atoms with E-state index in [4.69, 9.17) is 0 Å². The minimum absolute atomic E-state index is 0.127. The summed E-state index contributed by atoms with van der Waals surface area (Å²) in [6.45, 7) is 3.49. The highest BCUT2D eigenvalue weighted by Crippen LogP contribution is 2.27. The topological polar surface area (TPSA) is 95.9 Å². The molecule has 2 heterocycles. The van der Waals surface area contributed by atoms with E-state index < -0.39 is 5.97 Å². The summed E-state index contributed by atoms with van der Waals surface area (Å²) >= 11 is 1.03. The van der Waals surface area contributed by atoms with Gasteiger partial charge in [0.2, 0.25) is 0 Å². The number of nitrogens with zero attached hydrogens (tertiary/aromatic N) is 2. The highest BCUT2D eigenvalue weighted by atomic mass is 32.2. The van der Waals surface area contributed by atoms with Crippen LogP contribution < -0.4 is 5.56 Å². The molecule has 0 aromatic carbocycles. The van der Waals surface area contributed by atoms with Crippen LogP contribution in [0.15, 0.2) is 33.3 Å². The molecule has 0 aliphatic rings. The SMILES string of the molecule is Cc1cc(C)c(C(=O)O)c(Sc2nccc(=O)[nH]2)n1. The summed E-state index contributed by atoms with van der Waals surface area (Å²) in [4.78, 5) is 33.1. The molecular formula is C12H11N3O3S. The van der Waals surface area contributed by atoms with Crippen molar-refractivity contribution in [3.05, 3.63) is 45.5 Å². The van der Waals surface area contributed by atoms with E-state index in [0.29, 0.717) is 21.4 Å². The minimum atomic E-state index is -1.05. The lowest BCUT2D eigenvalue weighted by molar-refractivity contribution is 0.0691. The molecule has 0 atom stereocenters. The summed E-state index contributed by atoms with van der Waals surface area (Å²) < 4.78 is 0. The van der Waals surface area contributed by atoms with Crippen LogP contribution in [-0.4, -0.2) is 26.0 Å². The quantitative estimate of drug-likeness (QED) is 0.828. The standard InChI is InChI=1S/C12H11N3O3S/c1-6-5-7(2)14-10(9(6)11(17)18)19-12-13-4-3-8(16)15-12/h3-5H,1-2H3,(H,17,18)(H,13,15,16). The van der Waals surface area contributed by atoms with Gasteiger partial charge in [-0.2, -0.15) is 0 Å². The van der Waals surface area contributed by atoms with Crippen molar-refractivity contribution in [2.45, 2.75) is 24.0 Å². The van der Waals surface area contributed by atoms with Crippen LogP contribution in [0.2, 0.25) is 0 Å². The van der Waals surface area contributed by atoms with Gasteiger partial charge in [0, 0.05) is 18.0 Å². The van der Waals surface area contributed by atoms with Crippen molar-refractivity contribution in [1.29, 1.82) is 0 Å². The summed E-state index contributed by atoms with van der Waals surface area (Å²) in [5, 5.41) is 9.86. The van der Waals surface area contributed by atoms with E-state index in [2.05, 4.69) is 15.0 Å². The van der Waals surface area contributed by atoms with Crippen molar-refractivity contribution in [1.82, 2.24) is 15.0 Å². The molecule has 0 saturated heterocycles. The van der Waals surface area contributed by atoms with Crippen LogP contribution in [0.4, 0.5) is 0 Å². The largest absolute Gasteiger partial charge is 0.478 e. The van der Waals surface area contributed by atoms with Crippen LogP contribution in [-0.2, 0) is 0 Å². The van der Waals surface area contributed by atoms with E-state index in [0.717, 1.165) is 11.8 Å². The maximum atomic E-state index is 11.3. The number of aryl methyl sites for hydroxylation is 2. The van der Waals surface area contributed by atoms with Crippen molar-refractivity contribution >= 4 is 17.7 Å². The molecule has 0 saturated carbocycles. The van der Waals surface area contributed by atoms with Crippen LogP contribution in [0.25, 0.3) is 0 Å². The third-order valence-electron chi connectivity index (χ3n) is 2.37. The number of carboxylic acids is 1. The number of aromatic carboxylic acids is 1. The Morgan fingerprint density at radius 2 is 2.16 bits per heavy atom. The Morgan fingerprint density at radius 1 is 1.42 bits per heavy atom. The molecule has 0 unspecified atom stereocenters. The Labute approximate surface area is 112 Å². The molecule has 0 bridgehead atoms. The molecule has 19 heavy (non-hydrogen) atoms. The van der Waals surface area contributed by atoms with Gasteiger partial charge in [0.25, 0.3) is 5.56 Å². The molecule has 2 rings (SSSR count). The Kier molecular flexibility index (Phi) is 3.66. The van der Waals surface area contributed by atoms with E-state index in [1.807, 2.05) is 0 Å². The Balaban J connectivity index is 2.50. The van der Waals surface area contributed by atoms with Gasteiger partial charge in [0.15, 0.2) is 5.16 Å². The highest BCUT2D eigenvalue weighted by molar-refractivity contribution is 7.99. The number of H-pyrrole nitrogens is 1. The van der Waals surface area contributed by atoms with Gasteiger partial charge in [-0.15, -0.1) is 0 Å². The molecule has 0 aliphatic carbocycles. The summed E-state index contributed by atoms with van der Waals surface area (Å²) in [5.74, 6) is -1.05. The highest BCUT2D eigenvalue weighted by Gasteiger charge is 2.17. The van der Waals surface area contributed by atoms with Crippen LogP contribution in [0, 0.1) is 13.8 Å². The number of pyridine rings is 1. The van der Waals surface area contributed by atoms with E-state index in [1.165, 1.54) is 12.3 Å². The summed E-state index contributed by atoms with van der Waals surface area (Å²) in [5.41, 5.74) is 1.17. The number of aromatic amines is 1. The first-order chi connectivity index (χ1) is 8.97. The normalized spacial score (nSPS) is 10.4. The second kappa shape index (κ2) is 5.23. The van der Waals surface area contributed by atoms with Gasteiger partial charge in [-0.1, -0.05) is 0 Å². The number of carboxylic acid groups (broad SMARTS) is 1. The first kappa shape index (κ1) is 13.3. The van der Waals surface area contributed by atoms with Gasteiger partial charge in [0.1, 0.15) is 5.03 Å². The predicted molar refractivity (Wildman–Crippen MR) is 69.7 cm³/mol. The second-order valence-electron chi connectivity index (χ2n) is 3.91. The van der Waals surface area contributed by atoms with Crippen molar-refractivity contribution in [2.24, 2.45) is 0 Å². The lowest BCUT2D eigenvalue weighted by Gasteiger charge is -2.08. The second-order valence-corrected chi connectivity index (χ2v) is 4.88. The fourth-order valence-corrected chi connectivity index (χ4v) is 2.62. The number of hydrogen-bond acceptors (Lipinski definition) is 5. The molecular weight excluding hydrogens is 266 g/mol. The van der Waals surface area contributed by atoms with Crippen LogP contribution >= 0.6 is 11.8 Å². The fourth-order valence-electron chi connectivity index (χ4n) is 1.63. The van der Waals surface area contributed by atoms with E-state index in [9.17, 15) is 14.7 Å². The third-order valence-corrected chi connectivity index (χ3v) is 3.26. The number of aromatic nitrogens is 3. The zero-order chi connectivity index (χ0) is 14.0. The van der Waals surface area contributed by atoms with Crippen LogP contribution in [0.3, 0.4) is 0 Å². The number of hydrogen-bond donors (Lipinski definition) is 2. The zero-order valence-corrected chi connectivity index (χ0v) is 11.1. The summed E-state index contributed by atoms with van der Waals surface area (Å²) in [7, 11) is 0. The molecule has 0 aliphatic heterocycles.